The number of hydrogen-bond acceptors (Lipinski definition) is 3. The van der Waals surface area contributed by atoms with Crippen molar-refractivity contribution in [2.45, 2.75) is 20.8 Å². The maximum atomic E-state index is 12.5. The number of benzene rings is 1. The summed E-state index contributed by atoms with van der Waals surface area (Å²) >= 11 is 5.62. The van der Waals surface area contributed by atoms with E-state index in [0.717, 1.165) is 0 Å². The molecule has 1 rings (SSSR count). The summed E-state index contributed by atoms with van der Waals surface area (Å²) in [5.74, 6) is -0.203. The van der Waals surface area contributed by atoms with Gasteiger partial charge in [-0.25, -0.2) is 0 Å². The Kier molecular flexibility index (Phi) is 4.95. The van der Waals surface area contributed by atoms with Crippen molar-refractivity contribution in [2.24, 2.45) is 0 Å². The molecule has 1 amide bonds. The number of carbonyl (C=O) groups excluding carboxylic acids is 2. The van der Waals surface area contributed by atoms with Crippen LogP contribution >= 0.6 is 11.6 Å². The third kappa shape index (κ3) is 2.70. The maximum absolute atomic E-state index is 12.5. The van der Waals surface area contributed by atoms with Gasteiger partial charge in [0.25, 0.3) is 11.1 Å². The number of nitrogens with zero attached hydrogens (tertiary/aromatic N) is 1. The van der Waals surface area contributed by atoms with Crippen LogP contribution in [0.25, 0.3) is 0 Å². The van der Waals surface area contributed by atoms with Gasteiger partial charge in [-0.3, -0.25) is 9.59 Å². The topological polar surface area (TPSA) is 63.4 Å². The van der Waals surface area contributed by atoms with Crippen molar-refractivity contribution in [3.63, 3.8) is 0 Å². The molecule has 2 N–H and O–H groups in total. The van der Waals surface area contributed by atoms with Crippen LogP contribution in [0.1, 0.15) is 37.4 Å². The number of amides is 1. The first kappa shape index (κ1) is 16.2. The van der Waals surface area contributed by atoms with Crippen molar-refractivity contribution >= 4 is 28.4 Å². The molecule has 5 heteroatoms. The van der Waals surface area contributed by atoms with Crippen LogP contribution in [0.5, 0.6) is 0 Å². The Morgan fingerprint density at radius 3 is 2.15 bits per heavy atom. The summed E-state index contributed by atoms with van der Waals surface area (Å²) in [5.41, 5.74) is 9.02. The lowest BCUT2D eigenvalue weighted by molar-refractivity contribution is 0.0809. The van der Waals surface area contributed by atoms with Crippen LogP contribution in [-0.2, 0) is 0 Å². The van der Waals surface area contributed by atoms with Crippen LogP contribution in [0.3, 0.4) is 0 Å². The number of rotatable bonds is 4. The highest BCUT2D eigenvalue weighted by molar-refractivity contribution is 6.68. The number of nitrogens with two attached hydrogens (primary N) is 1. The Labute approximate surface area is 124 Å². The van der Waals surface area contributed by atoms with Gasteiger partial charge in [0.2, 0.25) is 0 Å². The van der Waals surface area contributed by atoms with Crippen molar-refractivity contribution in [1.82, 2.24) is 4.90 Å². The van der Waals surface area contributed by atoms with Gasteiger partial charge < -0.3 is 10.6 Å². The Balaban J connectivity index is 3.59. The molecule has 0 radical (unpaired) electrons. The van der Waals surface area contributed by atoms with Gasteiger partial charge in [-0.1, -0.05) is 6.08 Å². The van der Waals surface area contributed by atoms with Crippen LogP contribution in [-0.4, -0.2) is 29.6 Å². The maximum Gasteiger partial charge on any atom is 0.254 e. The molecule has 0 saturated heterocycles. The molecule has 0 fully saturated rings. The molecule has 0 aromatic heterocycles. The smallest absolute Gasteiger partial charge is 0.254 e. The highest BCUT2D eigenvalue weighted by Crippen LogP contribution is 2.30. The van der Waals surface area contributed by atoms with Crippen LogP contribution in [0.15, 0.2) is 12.7 Å². The minimum absolute atomic E-state index is 0.203. The van der Waals surface area contributed by atoms with Crippen molar-refractivity contribution in [1.29, 1.82) is 0 Å². The van der Waals surface area contributed by atoms with E-state index in [0.29, 0.717) is 40.0 Å². The van der Waals surface area contributed by atoms with Crippen LogP contribution in [0.4, 0.5) is 5.69 Å². The lowest BCUT2D eigenvalue weighted by Crippen LogP contribution is -2.29. The zero-order valence-corrected chi connectivity index (χ0v) is 13.0. The highest BCUT2D eigenvalue weighted by atomic mass is 35.5. The number of halogens is 1. The quantitative estimate of drug-likeness (QED) is 0.527. The average Bonchev–Trinajstić information content (AvgIpc) is 2.36. The van der Waals surface area contributed by atoms with Crippen molar-refractivity contribution < 1.29 is 9.59 Å². The molecule has 0 heterocycles. The molecule has 0 aliphatic heterocycles. The monoisotopic (exact) mass is 294 g/mol. The molecule has 0 spiro atoms. The molecule has 0 atom stereocenters. The molecular formula is C15H19ClN2O2. The third-order valence-corrected chi connectivity index (χ3v) is 3.66. The predicted octanol–water partition coefficient (Wildman–Crippen LogP) is 2.83. The SMILES string of the molecule is C=CCN(C)C(=O)c1c(C)c(N)c(C)c(C(=O)Cl)c1C. The van der Waals surface area contributed by atoms with Gasteiger partial charge >= 0.3 is 0 Å². The zero-order valence-electron chi connectivity index (χ0n) is 12.2. The summed E-state index contributed by atoms with van der Waals surface area (Å²) < 4.78 is 0. The van der Waals surface area contributed by atoms with E-state index >= 15 is 0 Å². The van der Waals surface area contributed by atoms with E-state index in [-0.39, 0.29) is 5.91 Å². The average molecular weight is 295 g/mol. The summed E-state index contributed by atoms with van der Waals surface area (Å²) in [6.07, 6.45) is 1.63. The largest absolute Gasteiger partial charge is 0.398 e. The normalized spacial score (nSPS) is 10.2. The fourth-order valence-corrected chi connectivity index (χ4v) is 2.60. The minimum atomic E-state index is -0.605. The first-order valence-electron chi connectivity index (χ1n) is 6.19. The molecule has 1 aromatic rings. The highest BCUT2D eigenvalue weighted by Gasteiger charge is 2.24. The minimum Gasteiger partial charge on any atom is -0.398 e. The van der Waals surface area contributed by atoms with Crippen molar-refractivity contribution in [3.8, 4) is 0 Å². The summed E-state index contributed by atoms with van der Waals surface area (Å²) in [6.45, 7) is 9.23. The third-order valence-electron chi connectivity index (χ3n) is 3.47. The van der Waals surface area contributed by atoms with Gasteiger partial charge in [0.1, 0.15) is 0 Å². The lowest BCUT2D eigenvalue weighted by Gasteiger charge is -2.22. The van der Waals surface area contributed by atoms with E-state index in [4.69, 9.17) is 17.3 Å². The number of nitrogen functional groups attached to an aromatic ring is 1. The Bertz CT molecular complexity index is 594. The number of anilines is 1. The van der Waals surface area contributed by atoms with Crippen LogP contribution in [0.2, 0.25) is 0 Å². The van der Waals surface area contributed by atoms with Crippen molar-refractivity contribution in [3.05, 3.63) is 40.5 Å². The van der Waals surface area contributed by atoms with Gasteiger partial charge in [0, 0.05) is 30.4 Å². The molecule has 108 valence electrons. The number of likely N-dealkylation sites (N-methyl/N-ethyl adjacent to an activating group) is 1. The van der Waals surface area contributed by atoms with Crippen LogP contribution < -0.4 is 5.73 Å². The molecular weight excluding hydrogens is 276 g/mol. The molecule has 4 nitrogen and oxygen atoms in total. The molecule has 0 unspecified atom stereocenters. The second-order valence-corrected chi connectivity index (χ2v) is 5.13. The molecule has 0 aliphatic rings. The summed E-state index contributed by atoms with van der Waals surface area (Å²) in [6, 6.07) is 0. The fourth-order valence-electron chi connectivity index (χ4n) is 2.32. The van der Waals surface area contributed by atoms with Crippen molar-refractivity contribution in [2.75, 3.05) is 19.3 Å². The zero-order chi connectivity index (χ0) is 15.6. The van der Waals surface area contributed by atoms with E-state index in [2.05, 4.69) is 6.58 Å². The van der Waals surface area contributed by atoms with Gasteiger partial charge in [-0.05, 0) is 49.1 Å². The Morgan fingerprint density at radius 2 is 1.70 bits per heavy atom. The Hall–Kier alpha value is -1.81. The second-order valence-electron chi connectivity index (χ2n) is 4.79. The second kappa shape index (κ2) is 6.09. The van der Waals surface area contributed by atoms with Gasteiger partial charge in [-0.15, -0.1) is 6.58 Å². The van der Waals surface area contributed by atoms with Crippen LogP contribution in [0, 0.1) is 20.8 Å². The summed E-state index contributed by atoms with van der Waals surface area (Å²) in [4.78, 5) is 25.6. The lowest BCUT2D eigenvalue weighted by atomic mass is 9.91. The first-order valence-corrected chi connectivity index (χ1v) is 6.57. The van der Waals surface area contributed by atoms with Gasteiger partial charge in [0.15, 0.2) is 0 Å². The molecule has 0 bridgehead atoms. The molecule has 20 heavy (non-hydrogen) atoms. The van der Waals surface area contributed by atoms with E-state index < -0.39 is 5.24 Å². The summed E-state index contributed by atoms with van der Waals surface area (Å²) in [5, 5.41) is -0.605. The standard InChI is InChI=1S/C15H19ClN2O2/c1-6-7-18(5)15(20)12-8(2)11(14(16)19)9(3)13(17)10(12)4/h6H,1,7,17H2,2-5H3. The molecule has 0 saturated carbocycles. The predicted molar refractivity (Wildman–Crippen MR) is 82.4 cm³/mol. The van der Waals surface area contributed by atoms with E-state index in [9.17, 15) is 9.59 Å². The Morgan fingerprint density at radius 1 is 1.20 bits per heavy atom. The molecule has 0 aliphatic carbocycles. The summed E-state index contributed by atoms with van der Waals surface area (Å²) in [7, 11) is 1.67. The van der Waals surface area contributed by atoms with Gasteiger partial charge in [0.05, 0.1) is 0 Å². The van der Waals surface area contributed by atoms with E-state index in [1.54, 1.807) is 33.9 Å². The fraction of sp³-hybridized carbons (Fsp3) is 0.333. The van der Waals surface area contributed by atoms with E-state index in [1.165, 1.54) is 4.90 Å². The van der Waals surface area contributed by atoms with E-state index in [1.807, 2.05) is 0 Å². The number of hydrogen-bond donors (Lipinski definition) is 1. The van der Waals surface area contributed by atoms with Gasteiger partial charge in [-0.2, -0.15) is 0 Å². The number of carbonyl (C=O) groups is 2. The molecule has 1 aromatic carbocycles. The first-order chi connectivity index (χ1) is 9.23.